The summed E-state index contributed by atoms with van der Waals surface area (Å²) in [7, 11) is -2.22. The molecule has 24 heavy (non-hydrogen) atoms. The van der Waals surface area contributed by atoms with Crippen LogP contribution in [0, 0.1) is 12.8 Å². The Labute approximate surface area is 145 Å². The van der Waals surface area contributed by atoms with Gasteiger partial charge >= 0.3 is 0 Å². The Bertz CT molecular complexity index is 549. The van der Waals surface area contributed by atoms with Crippen molar-refractivity contribution in [3.05, 3.63) is 29.8 Å². The summed E-state index contributed by atoms with van der Waals surface area (Å²) in [5.74, 6) is -0.154. The van der Waals surface area contributed by atoms with Crippen LogP contribution in [-0.4, -0.2) is 48.2 Å². The van der Waals surface area contributed by atoms with Crippen LogP contribution in [0.5, 0.6) is 0 Å². The number of hydrogen-bond donors (Lipinski definition) is 0. The first-order valence-corrected chi connectivity index (χ1v) is 9.52. The topological polar surface area (TPSA) is 71.1 Å². The average Bonchev–Trinajstić information content (AvgIpc) is 2.54. The van der Waals surface area contributed by atoms with Crippen molar-refractivity contribution in [3.63, 3.8) is 0 Å². The molecule has 6 nitrogen and oxygen atoms in total. The predicted molar refractivity (Wildman–Crippen MR) is 91.3 cm³/mol. The molecule has 0 spiro atoms. The molecule has 0 aliphatic heterocycles. The maximum absolute atomic E-state index is 12.3. The molecule has 0 saturated heterocycles. The number of aryl methyl sites for hydroxylation is 1. The summed E-state index contributed by atoms with van der Waals surface area (Å²) in [5.41, 5.74) is 0.988. The van der Waals surface area contributed by atoms with Crippen LogP contribution in [0.3, 0.4) is 0 Å². The quantitative estimate of drug-likeness (QED) is 0.422. The summed E-state index contributed by atoms with van der Waals surface area (Å²) >= 11 is 0. The third-order valence-corrected chi connectivity index (χ3v) is 4.70. The fourth-order valence-corrected chi connectivity index (χ4v) is 3.18. The molecular weight excluding hydrogens is 332 g/mol. The average molecular weight is 360 g/mol. The maximum atomic E-state index is 12.3. The lowest BCUT2D eigenvalue weighted by Gasteiger charge is -2.22. The van der Waals surface area contributed by atoms with E-state index >= 15 is 0 Å². The largest absolute Gasteiger partial charge is 0.384 e. The van der Waals surface area contributed by atoms with E-state index in [2.05, 4.69) is 0 Å². The summed E-state index contributed by atoms with van der Waals surface area (Å²) < 4.78 is 45.9. The lowest BCUT2D eigenvalue weighted by Crippen LogP contribution is -2.27. The number of ether oxygens (including phenoxy) is 3. The molecular formula is C17H28O6S. The Balaban J connectivity index is 2.68. The Morgan fingerprint density at radius 1 is 1.00 bits per heavy atom. The summed E-state index contributed by atoms with van der Waals surface area (Å²) in [6, 6.07) is 6.56. The third-order valence-electron chi connectivity index (χ3n) is 3.40. The van der Waals surface area contributed by atoms with E-state index in [0.717, 1.165) is 5.56 Å². The molecule has 1 atom stereocenters. The maximum Gasteiger partial charge on any atom is 0.296 e. The molecule has 0 aromatic heterocycles. The Morgan fingerprint density at radius 2 is 1.58 bits per heavy atom. The van der Waals surface area contributed by atoms with Crippen LogP contribution in [0.25, 0.3) is 0 Å². The molecule has 0 heterocycles. The van der Waals surface area contributed by atoms with Gasteiger partial charge in [0.25, 0.3) is 10.1 Å². The van der Waals surface area contributed by atoms with E-state index in [9.17, 15) is 8.42 Å². The van der Waals surface area contributed by atoms with Gasteiger partial charge in [0.05, 0.1) is 18.1 Å². The van der Waals surface area contributed by atoms with Crippen LogP contribution in [-0.2, 0) is 28.5 Å². The highest BCUT2D eigenvalue weighted by Crippen LogP contribution is 2.18. The standard InChI is InChI=1S/C17H28O6S/c1-5-21-17(22-6-2)11-15(12-20-4)13-23-24(18,19)16-9-7-14(3)8-10-16/h7-10,15,17H,5-6,11-13H2,1-4H3/t15-/m0/s1. The number of benzene rings is 1. The molecule has 0 aliphatic carbocycles. The molecule has 0 aliphatic rings. The van der Waals surface area contributed by atoms with E-state index in [4.69, 9.17) is 18.4 Å². The van der Waals surface area contributed by atoms with Crippen molar-refractivity contribution in [2.24, 2.45) is 5.92 Å². The van der Waals surface area contributed by atoms with Gasteiger partial charge in [0.2, 0.25) is 0 Å². The molecule has 0 unspecified atom stereocenters. The molecule has 1 aromatic carbocycles. The van der Waals surface area contributed by atoms with Gasteiger partial charge in [0.1, 0.15) is 0 Å². The summed E-state index contributed by atoms with van der Waals surface area (Å²) in [6.45, 7) is 7.08. The van der Waals surface area contributed by atoms with Crippen LogP contribution in [0.2, 0.25) is 0 Å². The van der Waals surface area contributed by atoms with Crippen molar-refractivity contribution >= 4 is 10.1 Å². The molecule has 0 bridgehead atoms. The second kappa shape index (κ2) is 10.8. The summed E-state index contributed by atoms with van der Waals surface area (Å²) in [6.07, 6.45) is 0.102. The van der Waals surface area contributed by atoms with E-state index in [1.807, 2.05) is 20.8 Å². The molecule has 0 amide bonds. The van der Waals surface area contributed by atoms with Gasteiger partial charge in [-0.3, -0.25) is 4.18 Å². The Hall–Kier alpha value is -0.990. The van der Waals surface area contributed by atoms with E-state index in [1.165, 1.54) is 0 Å². The first kappa shape index (κ1) is 21.1. The van der Waals surface area contributed by atoms with Crippen molar-refractivity contribution in [1.29, 1.82) is 0 Å². The second-order valence-electron chi connectivity index (χ2n) is 5.45. The van der Waals surface area contributed by atoms with Gasteiger partial charge in [-0.05, 0) is 32.9 Å². The van der Waals surface area contributed by atoms with Crippen LogP contribution in [0.1, 0.15) is 25.8 Å². The smallest absolute Gasteiger partial charge is 0.296 e. The van der Waals surface area contributed by atoms with E-state index in [1.54, 1.807) is 31.4 Å². The van der Waals surface area contributed by atoms with Crippen molar-refractivity contribution in [3.8, 4) is 0 Å². The molecule has 7 heteroatoms. The highest BCUT2D eigenvalue weighted by molar-refractivity contribution is 7.86. The van der Waals surface area contributed by atoms with Crippen LogP contribution in [0.15, 0.2) is 29.2 Å². The fourth-order valence-electron chi connectivity index (χ4n) is 2.21. The highest BCUT2D eigenvalue weighted by atomic mass is 32.2. The minimum Gasteiger partial charge on any atom is -0.384 e. The van der Waals surface area contributed by atoms with Gasteiger partial charge in [-0.15, -0.1) is 0 Å². The van der Waals surface area contributed by atoms with Crippen molar-refractivity contribution in [2.75, 3.05) is 33.5 Å². The lowest BCUT2D eigenvalue weighted by atomic mass is 10.1. The molecule has 0 radical (unpaired) electrons. The van der Waals surface area contributed by atoms with Gasteiger partial charge in [0, 0.05) is 32.7 Å². The monoisotopic (exact) mass is 360 g/mol. The molecule has 0 saturated carbocycles. The third kappa shape index (κ3) is 7.27. The van der Waals surface area contributed by atoms with Crippen molar-refractivity contribution in [2.45, 2.75) is 38.4 Å². The van der Waals surface area contributed by atoms with Crippen molar-refractivity contribution < 1.29 is 26.8 Å². The number of hydrogen-bond acceptors (Lipinski definition) is 6. The lowest BCUT2D eigenvalue weighted by molar-refractivity contribution is -0.150. The van der Waals surface area contributed by atoms with Gasteiger partial charge < -0.3 is 14.2 Å². The SMILES string of the molecule is CCOC(C[C@@H](COC)COS(=O)(=O)c1ccc(C)cc1)OCC. The van der Waals surface area contributed by atoms with Crippen LogP contribution in [0.4, 0.5) is 0 Å². The fraction of sp³-hybridized carbons (Fsp3) is 0.647. The zero-order valence-corrected chi connectivity index (χ0v) is 15.7. The second-order valence-corrected chi connectivity index (χ2v) is 7.06. The van der Waals surface area contributed by atoms with Gasteiger partial charge in [-0.1, -0.05) is 17.7 Å². The summed E-state index contributed by atoms with van der Waals surface area (Å²) in [5, 5.41) is 0. The van der Waals surface area contributed by atoms with E-state index in [-0.39, 0.29) is 17.4 Å². The predicted octanol–water partition coefficient (Wildman–Crippen LogP) is 2.75. The Morgan fingerprint density at radius 3 is 2.08 bits per heavy atom. The van der Waals surface area contributed by atoms with Crippen LogP contribution < -0.4 is 0 Å². The minimum absolute atomic E-state index is 0.0146. The van der Waals surface area contributed by atoms with E-state index in [0.29, 0.717) is 26.2 Å². The van der Waals surface area contributed by atoms with Gasteiger partial charge in [-0.25, -0.2) is 0 Å². The highest BCUT2D eigenvalue weighted by Gasteiger charge is 2.22. The zero-order chi connectivity index (χ0) is 18.0. The van der Waals surface area contributed by atoms with Gasteiger partial charge in [-0.2, -0.15) is 8.42 Å². The molecule has 1 aromatic rings. The zero-order valence-electron chi connectivity index (χ0n) is 14.9. The van der Waals surface area contributed by atoms with Gasteiger partial charge in [0.15, 0.2) is 6.29 Å². The Kier molecular flexibility index (Phi) is 9.46. The molecule has 0 N–H and O–H groups in total. The van der Waals surface area contributed by atoms with E-state index < -0.39 is 16.4 Å². The summed E-state index contributed by atoms with van der Waals surface area (Å²) in [4.78, 5) is 0.149. The molecule has 0 fully saturated rings. The first-order valence-electron chi connectivity index (χ1n) is 8.11. The number of methoxy groups -OCH3 is 1. The minimum atomic E-state index is -3.79. The van der Waals surface area contributed by atoms with Crippen LogP contribution >= 0.6 is 0 Å². The first-order chi connectivity index (χ1) is 11.4. The normalized spacial score (nSPS) is 13.4. The number of rotatable bonds is 12. The van der Waals surface area contributed by atoms with Crippen molar-refractivity contribution in [1.82, 2.24) is 0 Å². The molecule has 1 rings (SSSR count). The molecule has 138 valence electrons.